The van der Waals surface area contributed by atoms with Gasteiger partial charge in [-0.25, -0.2) is 13.1 Å². The largest absolute Gasteiger partial charge is 0.250 e. The molecule has 6 heteroatoms. The lowest BCUT2D eigenvalue weighted by Crippen LogP contribution is -2.22. The molecular weight excluding hydrogens is 302 g/mol. The van der Waals surface area contributed by atoms with E-state index in [1.54, 1.807) is 12.1 Å². The maximum absolute atomic E-state index is 12.0. The van der Waals surface area contributed by atoms with E-state index in [-0.39, 0.29) is 6.54 Å². The van der Waals surface area contributed by atoms with Gasteiger partial charge < -0.3 is 0 Å². The fourth-order valence-electron chi connectivity index (χ4n) is 1.63. The standard InChI is InChI=1S/C13H14ClNO2S2/c1-10-5-6-13(18-10)19(16,17)15-9-12-4-2-3-11(7-12)8-14/h2-7,15H,8-9H2,1H3. The molecule has 0 atom stereocenters. The van der Waals surface area contributed by atoms with E-state index >= 15 is 0 Å². The average Bonchev–Trinajstić information content (AvgIpc) is 2.84. The molecule has 2 rings (SSSR count). The summed E-state index contributed by atoms with van der Waals surface area (Å²) in [5.41, 5.74) is 1.88. The van der Waals surface area contributed by atoms with Gasteiger partial charge in [0.2, 0.25) is 10.0 Å². The Kier molecular flexibility index (Phi) is 4.62. The Morgan fingerprint density at radius 1 is 1.21 bits per heavy atom. The highest BCUT2D eigenvalue weighted by molar-refractivity contribution is 7.91. The first-order chi connectivity index (χ1) is 9.01. The zero-order valence-corrected chi connectivity index (χ0v) is 12.8. The molecule has 1 aromatic carbocycles. The number of nitrogens with one attached hydrogen (secondary N) is 1. The minimum Gasteiger partial charge on any atom is -0.206 e. The number of alkyl halides is 1. The van der Waals surface area contributed by atoms with Gasteiger partial charge >= 0.3 is 0 Å². The van der Waals surface area contributed by atoms with Gasteiger partial charge in [0.15, 0.2) is 0 Å². The normalized spacial score (nSPS) is 11.7. The first-order valence-corrected chi connectivity index (χ1v) is 8.54. The number of benzene rings is 1. The van der Waals surface area contributed by atoms with E-state index in [1.807, 2.05) is 31.2 Å². The van der Waals surface area contributed by atoms with Crippen LogP contribution in [0, 0.1) is 6.92 Å². The Labute approximate surface area is 122 Å². The topological polar surface area (TPSA) is 46.2 Å². The zero-order valence-electron chi connectivity index (χ0n) is 10.4. The number of rotatable bonds is 5. The monoisotopic (exact) mass is 315 g/mol. The first-order valence-electron chi connectivity index (χ1n) is 5.71. The predicted molar refractivity (Wildman–Crippen MR) is 79.1 cm³/mol. The van der Waals surface area contributed by atoms with E-state index in [4.69, 9.17) is 11.6 Å². The third-order valence-corrected chi connectivity index (χ3v) is 5.79. The van der Waals surface area contributed by atoms with E-state index in [2.05, 4.69) is 4.72 Å². The average molecular weight is 316 g/mol. The van der Waals surface area contributed by atoms with Gasteiger partial charge in [0.1, 0.15) is 4.21 Å². The van der Waals surface area contributed by atoms with E-state index in [9.17, 15) is 8.42 Å². The van der Waals surface area contributed by atoms with Crippen LogP contribution in [-0.2, 0) is 22.4 Å². The summed E-state index contributed by atoms with van der Waals surface area (Å²) >= 11 is 7.02. The van der Waals surface area contributed by atoms with Crippen LogP contribution in [0.3, 0.4) is 0 Å². The van der Waals surface area contributed by atoms with Crippen LogP contribution in [0.2, 0.25) is 0 Å². The zero-order chi connectivity index (χ0) is 13.9. The molecular formula is C13H14ClNO2S2. The van der Waals surface area contributed by atoms with Gasteiger partial charge in [-0.2, -0.15) is 0 Å². The van der Waals surface area contributed by atoms with Crippen LogP contribution >= 0.6 is 22.9 Å². The van der Waals surface area contributed by atoms with Gasteiger partial charge in [-0.15, -0.1) is 22.9 Å². The number of aryl methyl sites for hydroxylation is 1. The number of thiophene rings is 1. The van der Waals surface area contributed by atoms with Crippen molar-refractivity contribution in [3.63, 3.8) is 0 Å². The first kappa shape index (κ1) is 14.5. The van der Waals surface area contributed by atoms with E-state index in [1.165, 1.54) is 11.3 Å². The summed E-state index contributed by atoms with van der Waals surface area (Å²) in [7, 11) is -3.42. The molecule has 2 aromatic rings. The molecule has 0 saturated heterocycles. The lowest BCUT2D eigenvalue weighted by molar-refractivity contribution is 0.583. The molecule has 0 bridgehead atoms. The van der Waals surface area contributed by atoms with Crippen LogP contribution < -0.4 is 4.72 Å². The second-order valence-corrected chi connectivity index (χ2v) is 7.69. The minimum atomic E-state index is -3.42. The molecule has 0 radical (unpaired) electrons. The number of hydrogen-bond acceptors (Lipinski definition) is 3. The number of sulfonamides is 1. The van der Waals surface area contributed by atoms with Gasteiger partial charge in [-0.1, -0.05) is 24.3 Å². The Morgan fingerprint density at radius 3 is 2.58 bits per heavy atom. The summed E-state index contributed by atoms with van der Waals surface area (Å²) in [6, 6.07) is 11.0. The van der Waals surface area contributed by atoms with Gasteiger partial charge in [0, 0.05) is 17.3 Å². The Bertz CT molecular complexity index is 665. The molecule has 1 aromatic heterocycles. The lowest BCUT2D eigenvalue weighted by atomic mass is 10.1. The van der Waals surface area contributed by atoms with Crippen LogP contribution in [0.4, 0.5) is 0 Å². The molecule has 0 aliphatic heterocycles. The molecule has 0 amide bonds. The van der Waals surface area contributed by atoms with Crippen LogP contribution in [0.15, 0.2) is 40.6 Å². The van der Waals surface area contributed by atoms with E-state index in [0.29, 0.717) is 10.1 Å². The summed E-state index contributed by atoms with van der Waals surface area (Å²) in [5.74, 6) is 0.421. The Balaban J connectivity index is 2.09. The molecule has 0 saturated carbocycles. The second-order valence-electron chi connectivity index (χ2n) is 4.14. The molecule has 3 nitrogen and oxygen atoms in total. The SMILES string of the molecule is Cc1ccc(S(=O)(=O)NCc2cccc(CCl)c2)s1. The molecule has 1 heterocycles. The summed E-state index contributed by atoms with van der Waals surface area (Å²) in [6.45, 7) is 2.15. The number of halogens is 1. The van der Waals surface area contributed by atoms with Crippen molar-refractivity contribution in [2.45, 2.75) is 23.6 Å². The number of hydrogen-bond donors (Lipinski definition) is 1. The van der Waals surface area contributed by atoms with Crippen LogP contribution in [-0.4, -0.2) is 8.42 Å². The molecule has 0 unspecified atom stereocenters. The smallest absolute Gasteiger partial charge is 0.206 e. The van der Waals surface area contributed by atoms with Crippen molar-refractivity contribution in [2.24, 2.45) is 0 Å². The molecule has 0 fully saturated rings. The van der Waals surface area contributed by atoms with Crippen LogP contribution in [0.1, 0.15) is 16.0 Å². The van der Waals surface area contributed by atoms with Crippen molar-refractivity contribution < 1.29 is 8.42 Å². The molecule has 0 aliphatic carbocycles. The lowest BCUT2D eigenvalue weighted by Gasteiger charge is -2.06. The maximum atomic E-state index is 12.0. The third-order valence-electron chi connectivity index (χ3n) is 2.59. The summed E-state index contributed by atoms with van der Waals surface area (Å²) < 4.78 is 27.0. The van der Waals surface area contributed by atoms with Crippen LogP contribution in [0.5, 0.6) is 0 Å². The highest BCUT2D eigenvalue weighted by Crippen LogP contribution is 2.20. The highest BCUT2D eigenvalue weighted by atomic mass is 35.5. The molecule has 0 aliphatic rings. The van der Waals surface area contributed by atoms with Crippen molar-refractivity contribution in [2.75, 3.05) is 0 Å². The van der Waals surface area contributed by atoms with Crippen LogP contribution in [0.25, 0.3) is 0 Å². The van der Waals surface area contributed by atoms with E-state index < -0.39 is 10.0 Å². The highest BCUT2D eigenvalue weighted by Gasteiger charge is 2.15. The van der Waals surface area contributed by atoms with Crippen molar-refractivity contribution in [3.8, 4) is 0 Å². The Hall–Kier alpha value is -0.880. The molecule has 1 N–H and O–H groups in total. The summed E-state index contributed by atoms with van der Waals surface area (Å²) in [6.07, 6.45) is 0. The van der Waals surface area contributed by atoms with Gasteiger partial charge in [-0.05, 0) is 30.2 Å². The fourth-order valence-corrected chi connectivity index (χ4v) is 4.14. The van der Waals surface area contributed by atoms with Gasteiger partial charge in [0.05, 0.1) is 0 Å². The maximum Gasteiger partial charge on any atom is 0.250 e. The second kappa shape index (κ2) is 6.05. The summed E-state index contributed by atoms with van der Waals surface area (Å²) in [4.78, 5) is 0.976. The van der Waals surface area contributed by atoms with Gasteiger partial charge in [0.25, 0.3) is 0 Å². The quantitative estimate of drug-likeness (QED) is 0.861. The van der Waals surface area contributed by atoms with Crippen molar-refractivity contribution in [1.29, 1.82) is 0 Å². The molecule has 0 spiro atoms. The van der Waals surface area contributed by atoms with Crippen molar-refractivity contribution in [1.82, 2.24) is 4.72 Å². The molecule has 102 valence electrons. The third kappa shape index (κ3) is 3.79. The van der Waals surface area contributed by atoms with Crippen molar-refractivity contribution in [3.05, 3.63) is 52.4 Å². The van der Waals surface area contributed by atoms with Gasteiger partial charge in [-0.3, -0.25) is 0 Å². The van der Waals surface area contributed by atoms with E-state index in [0.717, 1.165) is 16.0 Å². The Morgan fingerprint density at radius 2 is 1.95 bits per heavy atom. The molecule has 19 heavy (non-hydrogen) atoms. The van der Waals surface area contributed by atoms with Crippen molar-refractivity contribution >= 4 is 33.0 Å². The summed E-state index contributed by atoms with van der Waals surface area (Å²) in [5, 5.41) is 0. The predicted octanol–water partition coefficient (Wildman–Crippen LogP) is 3.27. The fraction of sp³-hybridized carbons (Fsp3) is 0.231. The minimum absolute atomic E-state index is 0.268.